The molecule has 0 spiro atoms. The number of rotatable bonds is 9. The van der Waals surface area contributed by atoms with E-state index in [0.717, 1.165) is 12.0 Å². The molecule has 0 bridgehead atoms. The first-order chi connectivity index (χ1) is 14.7. The molecule has 0 radical (unpaired) electrons. The lowest BCUT2D eigenvalue weighted by atomic mass is 10.1. The molecule has 2 N–H and O–H groups in total. The zero-order valence-electron chi connectivity index (χ0n) is 17.7. The summed E-state index contributed by atoms with van der Waals surface area (Å²) in [6.45, 7) is 5.16. The van der Waals surface area contributed by atoms with E-state index in [2.05, 4.69) is 10.6 Å². The number of benzene rings is 2. The van der Waals surface area contributed by atoms with Crippen molar-refractivity contribution in [2.24, 2.45) is 0 Å². The minimum Gasteiger partial charge on any atom is -0.462 e. The number of carbonyl (C=O) groups excluding carboxylic acids is 3. The normalized spacial score (nSPS) is 12.0. The molecule has 0 heterocycles. The molecule has 2 amide bonds. The van der Waals surface area contributed by atoms with Crippen LogP contribution in [0.15, 0.2) is 48.5 Å². The maximum atomic E-state index is 12.5. The zero-order valence-corrected chi connectivity index (χ0v) is 18.5. The Labute approximate surface area is 181 Å². The van der Waals surface area contributed by atoms with Gasteiger partial charge in [0.15, 0.2) is 9.84 Å². The van der Waals surface area contributed by atoms with Crippen molar-refractivity contribution in [3.8, 4) is 0 Å². The number of ether oxygens (including phenoxy) is 1. The number of amides is 2. The van der Waals surface area contributed by atoms with E-state index in [1.807, 2.05) is 19.1 Å². The number of carbonyl (C=O) groups is 3. The first-order valence-corrected chi connectivity index (χ1v) is 11.6. The van der Waals surface area contributed by atoms with Crippen LogP contribution in [0.5, 0.6) is 0 Å². The second-order valence-corrected chi connectivity index (χ2v) is 9.16. The highest BCUT2D eigenvalue weighted by atomic mass is 32.2. The van der Waals surface area contributed by atoms with E-state index in [0.29, 0.717) is 16.9 Å². The number of sulfone groups is 1. The summed E-state index contributed by atoms with van der Waals surface area (Å²) in [5.74, 6) is -2.81. The summed E-state index contributed by atoms with van der Waals surface area (Å²) >= 11 is 0. The highest BCUT2D eigenvalue weighted by Crippen LogP contribution is 2.14. The van der Waals surface area contributed by atoms with Gasteiger partial charge in [-0.2, -0.15) is 0 Å². The van der Waals surface area contributed by atoms with Crippen LogP contribution >= 0.6 is 0 Å². The molecule has 1 atom stereocenters. The van der Waals surface area contributed by atoms with Gasteiger partial charge >= 0.3 is 5.97 Å². The van der Waals surface area contributed by atoms with Gasteiger partial charge in [0.25, 0.3) is 0 Å². The molecule has 0 aromatic heterocycles. The molecule has 31 heavy (non-hydrogen) atoms. The summed E-state index contributed by atoms with van der Waals surface area (Å²) in [5.41, 5.74) is 2.20. The number of anilines is 2. The molecule has 0 aliphatic heterocycles. The van der Waals surface area contributed by atoms with Gasteiger partial charge in [-0.1, -0.05) is 19.1 Å². The largest absolute Gasteiger partial charge is 0.462 e. The Hall–Kier alpha value is -3.20. The fraction of sp³-hybridized carbons (Fsp3) is 0.318. The van der Waals surface area contributed by atoms with Crippen molar-refractivity contribution in [2.45, 2.75) is 32.4 Å². The number of hydrogen-bond acceptors (Lipinski definition) is 6. The Bertz CT molecular complexity index is 1030. The molecule has 0 aliphatic carbocycles. The first kappa shape index (κ1) is 24.1. The van der Waals surface area contributed by atoms with Crippen LogP contribution in [0.1, 0.15) is 36.7 Å². The summed E-state index contributed by atoms with van der Waals surface area (Å²) < 4.78 is 29.9. The molecule has 2 aromatic rings. The SMILES string of the molecule is CCOC(=O)c1ccc(NC(=O)C(C)S(=O)(=O)CC(=O)Nc2ccc(CC)cc2)cc1. The summed E-state index contributed by atoms with van der Waals surface area (Å²) in [7, 11) is -4.04. The number of hydrogen-bond donors (Lipinski definition) is 2. The minimum absolute atomic E-state index is 0.240. The summed E-state index contributed by atoms with van der Waals surface area (Å²) in [6.07, 6.45) is 0.848. The van der Waals surface area contributed by atoms with Crippen LogP contribution in [-0.4, -0.2) is 43.8 Å². The molecular weight excluding hydrogens is 420 g/mol. The van der Waals surface area contributed by atoms with E-state index in [9.17, 15) is 22.8 Å². The second-order valence-electron chi connectivity index (χ2n) is 6.84. The maximum Gasteiger partial charge on any atom is 0.338 e. The van der Waals surface area contributed by atoms with Gasteiger partial charge in [0.2, 0.25) is 11.8 Å². The van der Waals surface area contributed by atoms with E-state index in [1.165, 1.54) is 31.2 Å². The standard InChI is InChI=1S/C22H26N2O6S/c1-4-16-6-10-18(11-7-16)23-20(25)14-31(28,29)15(3)21(26)24-19-12-8-17(9-13-19)22(27)30-5-2/h6-13,15H,4-5,14H2,1-3H3,(H,23,25)(H,24,26). The molecule has 0 fully saturated rings. The number of esters is 1. The number of nitrogens with one attached hydrogen (secondary N) is 2. The van der Waals surface area contributed by atoms with Gasteiger partial charge < -0.3 is 15.4 Å². The van der Waals surface area contributed by atoms with Gasteiger partial charge in [0, 0.05) is 11.4 Å². The third-order valence-corrected chi connectivity index (χ3v) is 6.51. The minimum atomic E-state index is -4.04. The molecule has 166 valence electrons. The molecule has 8 nitrogen and oxygen atoms in total. The lowest BCUT2D eigenvalue weighted by molar-refractivity contribution is -0.115. The Morgan fingerprint density at radius 3 is 2.00 bits per heavy atom. The van der Waals surface area contributed by atoms with Crippen LogP contribution in [0.4, 0.5) is 11.4 Å². The van der Waals surface area contributed by atoms with Crippen molar-refractivity contribution in [3.05, 3.63) is 59.7 Å². The lowest BCUT2D eigenvalue weighted by Gasteiger charge is -2.14. The molecular formula is C22H26N2O6S. The molecule has 2 aromatic carbocycles. The van der Waals surface area contributed by atoms with Crippen LogP contribution < -0.4 is 10.6 Å². The monoisotopic (exact) mass is 446 g/mol. The molecule has 0 saturated heterocycles. The quantitative estimate of drug-likeness (QED) is 0.572. The Morgan fingerprint density at radius 2 is 1.45 bits per heavy atom. The average Bonchev–Trinajstić information content (AvgIpc) is 2.74. The van der Waals surface area contributed by atoms with Gasteiger partial charge in [-0.25, -0.2) is 13.2 Å². The van der Waals surface area contributed by atoms with E-state index < -0.39 is 38.6 Å². The van der Waals surface area contributed by atoms with Crippen LogP contribution in [0.2, 0.25) is 0 Å². The van der Waals surface area contributed by atoms with E-state index in [4.69, 9.17) is 4.74 Å². The maximum absolute atomic E-state index is 12.5. The summed E-state index contributed by atoms with van der Waals surface area (Å²) in [4.78, 5) is 36.2. The Balaban J connectivity index is 1.96. The van der Waals surface area contributed by atoms with Crippen molar-refractivity contribution < 1.29 is 27.5 Å². The van der Waals surface area contributed by atoms with Crippen molar-refractivity contribution >= 4 is 39.0 Å². The Kier molecular flexibility index (Phi) is 8.32. The highest BCUT2D eigenvalue weighted by Gasteiger charge is 2.30. The van der Waals surface area contributed by atoms with E-state index in [1.54, 1.807) is 19.1 Å². The predicted octanol–water partition coefficient (Wildman–Crippen LogP) is 2.81. The third-order valence-electron chi connectivity index (χ3n) is 4.55. The topological polar surface area (TPSA) is 119 Å². The van der Waals surface area contributed by atoms with Gasteiger partial charge in [0.1, 0.15) is 11.0 Å². The lowest BCUT2D eigenvalue weighted by Crippen LogP contribution is -2.37. The third kappa shape index (κ3) is 6.92. The average molecular weight is 447 g/mol. The van der Waals surface area contributed by atoms with Crippen LogP contribution in [-0.2, 0) is 30.6 Å². The zero-order chi connectivity index (χ0) is 23.0. The van der Waals surface area contributed by atoms with Crippen molar-refractivity contribution in [3.63, 3.8) is 0 Å². The molecule has 9 heteroatoms. The van der Waals surface area contributed by atoms with Crippen molar-refractivity contribution in [1.29, 1.82) is 0 Å². The second kappa shape index (κ2) is 10.7. The summed E-state index contributed by atoms with van der Waals surface area (Å²) in [5, 5.41) is 3.57. The van der Waals surface area contributed by atoms with Crippen LogP contribution in [0.25, 0.3) is 0 Å². The fourth-order valence-electron chi connectivity index (χ4n) is 2.64. The van der Waals surface area contributed by atoms with Crippen LogP contribution in [0.3, 0.4) is 0 Å². The first-order valence-electron chi connectivity index (χ1n) is 9.84. The van der Waals surface area contributed by atoms with Gasteiger partial charge in [-0.15, -0.1) is 0 Å². The molecule has 1 unspecified atom stereocenters. The van der Waals surface area contributed by atoms with E-state index >= 15 is 0 Å². The predicted molar refractivity (Wildman–Crippen MR) is 119 cm³/mol. The van der Waals surface area contributed by atoms with E-state index in [-0.39, 0.29) is 6.61 Å². The summed E-state index contributed by atoms with van der Waals surface area (Å²) in [6, 6.07) is 12.9. The van der Waals surface area contributed by atoms with Crippen LogP contribution in [0, 0.1) is 0 Å². The van der Waals surface area contributed by atoms with Gasteiger partial charge in [-0.3, -0.25) is 9.59 Å². The van der Waals surface area contributed by atoms with Crippen molar-refractivity contribution in [1.82, 2.24) is 0 Å². The Morgan fingerprint density at radius 1 is 0.903 bits per heavy atom. The number of aryl methyl sites for hydroxylation is 1. The van der Waals surface area contributed by atoms with Gasteiger partial charge in [-0.05, 0) is 62.2 Å². The van der Waals surface area contributed by atoms with Crippen molar-refractivity contribution in [2.75, 3.05) is 23.0 Å². The molecule has 0 aliphatic rings. The smallest absolute Gasteiger partial charge is 0.338 e. The van der Waals surface area contributed by atoms with Gasteiger partial charge in [0.05, 0.1) is 12.2 Å². The highest BCUT2D eigenvalue weighted by molar-refractivity contribution is 7.93. The molecule has 0 saturated carbocycles. The fourth-order valence-corrected chi connectivity index (χ4v) is 3.71. The molecule has 2 rings (SSSR count).